The molecule has 2 aromatic carbocycles. The van der Waals surface area contributed by atoms with Crippen LogP contribution in [0.5, 0.6) is 5.75 Å². The molecule has 0 spiro atoms. The fourth-order valence-corrected chi connectivity index (χ4v) is 1.87. The molecule has 0 heterocycles. The van der Waals surface area contributed by atoms with Crippen LogP contribution in [0.4, 0.5) is 0 Å². The van der Waals surface area contributed by atoms with E-state index >= 15 is 0 Å². The molecule has 102 valence electrons. The SMILES string of the molecule is COCCc1ccc(OCc2cccc(C#N)c2)cc1. The lowest BCUT2D eigenvalue weighted by Gasteiger charge is -2.07. The van der Waals surface area contributed by atoms with E-state index in [1.165, 1.54) is 5.56 Å². The van der Waals surface area contributed by atoms with Gasteiger partial charge in [0.1, 0.15) is 12.4 Å². The number of nitrogens with zero attached hydrogens (tertiary/aromatic N) is 1. The Labute approximate surface area is 119 Å². The van der Waals surface area contributed by atoms with Gasteiger partial charge >= 0.3 is 0 Å². The van der Waals surface area contributed by atoms with Crippen LogP contribution in [0.15, 0.2) is 48.5 Å². The molecule has 20 heavy (non-hydrogen) atoms. The van der Waals surface area contributed by atoms with Gasteiger partial charge < -0.3 is 9.47 Å². The highest BCUT2D eigenvalue weighted by molar-refractivity contribution is 5.33. The Morgan fingerprint density at radius 3 is 2.55 bits per heavy atom. The van der Waals surface area contributed by atoms with Gasteiger partial charge in [-0.15, -0.1) is 0 Å². The van der Waals surface area contributed by atoms with Crippen molar-refractivity contribution in [1.29, 1.82) is 5.26 Å². The summed E-state index contributed by atoms with van der Waals surface area (Å²) in [6.45, 7) is 1.19. The molecular weight excluding hydrogens is 250 g/mol. The minimum atomic E-state index is 0.465. The van der Waals surface area contributed by atoms with Crippen molar-refractivity contribution >= 4 is 0 Å². The zero-order chi connectivity index (χ0) is 14.2. The topological polar surface area (TPSA) is 42.2 Å². The average molecular weight is 267 g/mol. The smallest absolute Gasteiger partial charge is 0.119 e. The average Bonchev–Trinajstić information content (AvgIpc) is 2.52. The van der Waals surface area contributed by atoms with Gasteiger partial charge in [0.15, 0.2) is 0 Å². The highest BCUT2D eigenvalue weighted by Gasteiger charge is 1.99. The van der Waals surface area contributed by atoms with E-state index in [2.05, 4.69) is 6.07 Å². The van der Waals surface area contributed by atoms with Gasteiger partial charge in [-0.2, -0.15) is 5.26 Å². The van der Waals surface area contributed by atoms with Gasteiger partial charge in [0.2, 0.25) is 0 Å². The van der Waals surface area contributed by atoms with Crippen molar-refractivity contribution in [2.75, 3.05) is 13.7 Å². The third-order valence-corrected chi connectivity index (χ3v) is 2.98. The van der Waals surface area contributed by atoms with Crippen molar-refractivity contribution < 1.29 is 9.47 Å². The number of rotatable bonds is 6. The Balaban J connectivity index is 1.92. The first kappa shape index (κ1) is 14.1. The van der Waals surface area contributed by atoms with Gasteiger partial charge in [-0.3, -0.25) is 0 Å². The molecule has 0 unspecified atom stereocenters. The Kier molecular flexibility index (Phi) is 5.16. The molecule has 0 aliphatic heterocycles. The van der Waals surface area contributed by atoms with E-state index in [0.29, 0.717) is 12.2 Å². The van der Waals surface area contributed by atoms with E-state index < -0.39 is 0 Å². The molecule has 0 aliphatic rings. The first-order chi connectivity index (χ1) is 9.81. The zero-order valence-corrected chi connectivity index (χ0v) is 11.5. The molecule has 0 amide bonds. The van der Waals surface area contributed by atoms with E-state index in [-0.39, 0.29) is 0 Å². The number of ether oxygens (including phenoxy) is 2. The van der Waals surface area contributed by atoms with E-state index in [9.17, 15) is 0 Å². The van der Waals surface area contributed by atoms with E-state index in [0.717, 1.165) is 24.3 Å². The third-order valence-electron chi connectivity index (χ3n) is 2.98. The minimum absolute atomic E-state index is 0.465. The third kappa shape index (κ3) is 4.11. The lowest BCUT2D eigenvalue weighted by molar-refractivity contribution is 0.202. The molecule has 0 aromatic heterocycles. The van der Waals surface area contributed by atoms with Crippen molar-refractivity contribution in [2.45, 2.75) is 13.0 Å². The van der Waals surface area contributed by atoms with Crippen LogP contribution in [0, 0.1) is 11.3 Å². The first-order valence-electron chi connectivity index (χ1n) is 6.51. The fourth-order valence-electron chi connectivity index (χ4n) is 1.87. The highest BCUT2D eigenvalue weighted by atomic mass is 16.5. The quantitative estimate of drug-likeness (QED) is 0.806. The molecule has 0 radical (unpaired) electrons. The number of nitriles is 1. The lowest BCUT2D eigenvalue weighted by Crippen LogP contribution is -1.97. The Morgan fingerprint density at radius 2 is 1.85 bits per heavy atom. The van der Waals surface area contributed by atoms with Crippen LogP contribution in [0.3, 0.4) is 0 Å². The van der Waals surface area contributed by atoms with Crippen LogP contribution in [0.2, 0.25) is 0 Å². The van der Waals surface area contributed by atoms with Crippen LogP contribution >= 0.6 is 0 Å². The molecule has 3 heteroatoms. The molecule has 0 saturated heterocycles. The molecule has 0 bridgehead atoms. The monoisotopic (exact) mass is 267 g/mol. The number of hydrogen-bond acceptors (Lipinski definition) is 3. The lowest BCUT2D eigenvalue weighted by atomic mass is 10.1. The zero-order valence-electron chi connectivity index (χ0n) is 11.5. The van der Waals surface area contributed by atoms with Crippen molar-refractivity contribution in [1.82, 2.24) is 0 Å². The van der Waals surface area contributed by atoms with Crippen LogP contribution in [-0.4, -0.2) is 13.7 Å². The molecule has 0 atom stereocenters. The van der Waals surface area contributed by atoms with Crippen molar-refractivity contribution in [2.24, 2.45) is 0 Å². The summed E-state index contributed by atoms with van der Waals surface area (Å²) in [5, 5.41) is 8.85. The summed E-state index contributed by atoms with van der Waals surface area (Å²) in [6, 6.07) is 17.6. The predicted molar refractivity (Wildman–Crippen MR) is 77.5 cm³/mol. The van der Waals surface area contributed by atoms with Gasteiger partial charge in [0.05, 0.1) is 18.2 Å². The summed E-state index contributed by atoms with van der Waals surface area (Å²) in [5.41, 5.74) is 2.87. The number of hydrogen-bond donors (Lipinski definition) is 0. The van der Waals surface area contributed by atoms with Gasteiger partial charge in [-0.1, -0.05) is 24.3 Å². The molecule has 0 aliphatic carbocycles. The van der Waals surface area contributed by atoms with Crippen LogP contribution in [0.1, 0.15) is 16.7 Å². The summed E-state index contributed by atoms with van der Waals surface area (Å²) in [4.78, 5) is 0. The van der Waals surface area contributed by atoms with Crippen molar-refractivity contribution in [3.63, 3.8) is 0 Å². The molecule has 0 saturated carbocycles. The second kappa shape index (κ2) is 7.32. The van der Waals surface area contributed by atoms with Gasteiger partial charge in [-0.05, 0) is 41.8 Å². The van der Waals surface area contributed by atoms with Crippen LogP contribution in [0.25, 0.3) is 0 Å². The van der Waals surface area contributed by atoms with E-state index in [1.54, 1.807) is 13.2 Å². The Hall–Kier alpha value is -2.31. The van der Waals surface area contributed by atoms with Crippen LogP contribution in [-0.2, 0) is 17.8 Å². The molecule has 2 rings (SSSR count). The Morgan fingerprint density at radius 1 is 1.05 bits per heavy atom. The predicted octanol–water partition coefficient (Wildman–Crippen LogP) is 3.33. The summed E-state index contributed by atoms with van der Waals surface area (Å²) in [5.74, 6) is 0.827. The second-order valence-corrected chi connectivity index (χ2v) is 4.49. The highest BCUT2D eigenvalue weighted by Crippen LogP contribution is 2.15. The normalized spacial score (nSPS) is 10.0. The van der Waals surface area contributed by atoms with E-state index in [4.69, 9.17) is 14.7 Å². The summed E-state index contributed by atoms with van der Waals surface area (Å²) >= 11 is 0. The molecule has 2 aromatic rings. The van der Waals surface area contributed by atoms with Gasteiger partial charge in [0.25, 0.3) is 0 Å². The van der Waals surface area contributed by atoms with Crippen molar-refractivity contribution in [3.8, 4) is 11.8 Å². The van der Waals surface area contributed by atoms with Gasteiger partial charge in [-0.25, -0.2) is 0 Å². The van der Waals surface area contributed by atoms with E-state index in [1.807, 2.05) is 42.5 Å². The summed E-state index contributed by atoms with van der Waals surface area (Å²) < 4.78 is 10.8. The minimum Gasteiger partial charge on any atom is -0.489 e. The standard InChI is InChI=1S/C17H17NO2/c1-19-10-9-14-5-7-17(8-6-14)20-13-16-4-2-3-15(11-16)12-18/h2-8,11H,9-10,13H2,1H3. The molecular formula is C17H17NO2. The maximum atomic E-state index is 8.85. The first-order valence-corrected chi connectivity index (χ1v) is 6.51. The maximum absolute atomic E-state index is 8.85. The summed E-state index contributed by atoms with van der Waals surface area (Å²) in [7, 11) is 1.70. The number of methoxy groups -OCH3 is 1. The van der Waals surface area contributed by atoms with Crippen LogP contribution < -0.4 is 4.74 Å². The number of benzene rings is 2. The molecule has 0 N–H and O–H groups in total. The summed E-state index contributed by atoms with van der Waals surface area (Å²) in [6.07, 6.45) is 0.904. The fraction of sp³-hybridized carbons (Fsp3) is 0.235. The second-order valence-electron chi connectivity index (χ2n) is 4.49. The molecule has 3 nitrogen and oxygen atoms in total. The molecule has 0 fully saturated rings. The van der Waals surface area contributed by atoms with Crippen molar-refractivity contribution in [3.05, 3.63) is 65.2 Å². The maximum Gasteiger partial charge on any atom is 0.119 e. The largest absolute Gasteiger partial charge is 0.489 e. The van der Waals surface area contributed by atoms with Gasteiger partial charge in [0, 0.05) is 7.11 Å². The Bertz CT molecular complexity index is 585.